The van der Waals surface area contributed by atoms with E-state index in [1.54, 1.807) is 6.92 Å². The Bertz CT molecular complexity index is 397. The van der Waals surface area contributed by atoms with Gasteiger partial charge in [-0.25, -0.2) is 9.18 Å². The number of benzene rings is 1. The van der Waals surface area contributed by atoms with Crippen molar-refractivity contribution in [3.8, 4) is 5.75 Å². The number of phenolic OH excluding ortho intramolecular Hbond substituents is 1. The van der Waals surface area contributed by atoms with Gasteiger partial charge < -0.3 is 10.2 Å². The van der Waals surface area contributed by atoms with E-state index in [0.717, 1.165) is 12.1 Å². The Labute approximate surface area is 80.1 Å². The first kappa shape index (κ1) is 10.2. The van der Waals surface area contributed by atoms with Crippen LogP contribution in [0.4, 0.5) is 4.39 Å². The van der Waals surface area contributed by atoms with Gasteiger partial charge in [-0.2, -0.15) is 0 Å². The highest BCUT2D eigenvalue weighted by Gasteiger charge is 2.03. The van der Waals surface area contributed by atoms with Crippen LogP contribution in [0.5, 0.6) is 5.75 Å². The Kier molecular flexibility index (Phi) is 2.86. The van der Waals surface area contributed by atoms with Crippen molar-refractivity contribution in [2.75, 3.05) is 0 Å². The van der Waals surface area contributed by atoms with Crippen LogP contribution in [0.15, 0.2) is 18.2 Å². The molecule has 2 N–H and O–H groups in total. The zero-order valence-corrected chi connectivity index (χ0v) is 7.49. The molecule has 0 aliphatic heterocycles. The lowest BCUT2D eigenvalue weighted by Crippen LogP contribution is -1.88. The van der Waals surface area contributed by atoms with Gasteiger partial charge in [-0.15, -0.1) is 0 Å². The van der Waals surface area contributed by atoms with Crippen molar-refractivity contribution in [3.05, 3.63) is 35.2 Å². The lowest BCUT2D eigenvalue weighted by atomic mass is 10.1. The summed E-state index contributed by atoms with van der Waals surface area (Å²) in [5.41, 5.74) is 1.05. The molecule has 0 saturated carbocycles. The zero-order valence-electron chi connectivity index (χ0n) is 7.49. The van der Waals surface area contributed by atoms with E-state index in [9.17, 15) is 9.18 Å². The van der Waals surface area contributed by atoms with Crippen LogP contribution in [0.25, 0.3) is 6.08 Å². The average molecular weight is 196 g/mol. The van der Waals surface area contributed by atoms with Crippen LogP contribution in [-0.2, 0) is 4.79 Å². The molecule has 74 valence electrons. The molecule has 0 bridgehead atoms. The fourth-order valence-electron chi connectivity index (χ4n) is 1.02. The standard InChI is InChI=1S/C10H9FO3/c1-6-4-9(12)8(11)5-7(6)2-3-10(13)14/h2-5,12H,1H3,(H,13,14). The monoisotopic (exact) mass is 196 g/mol. The SMILES string of the molecule is Cc1cc(O)c(F)cc1C=CC(=O)O. The number of hydrogen-bond donors (Lipinski definition) is 2. The summed E-state index contributed by atoms with van der Waals surface area (Å²) in [7, 11) is 0. The Morgan fingerprint density at radius 2 is 2.14 bits per heavy atom. The first-order valence-electron chi connectivity index (χ1n) is 3.91. The highest BCUT2D eigenvalue weighted by Crippen LogP contribution is 2.21. The van der Waals surface area contributed by atoms with Crippen molar-refractivity contribution in [1.82, 2.24) is 0 Å². The number of carbonyl (C=O) groups is 1. The molecule has 0 saturated heterocycles. The number of carboxylic acid groups (broad SMARTS) is 1. The third-order valence-corrected chi connectivity index (χ3v) is 1.74. The lowest BCUT2D eigenvalue weighted by Gasteiger charge is -2.01. The van der Waals surface area contributed by atoms with Gasteiger partial charge in [0.2, 0.25) is 0 Å². The number of aryl methyl sites for hydroxylation is 1. The summed E-state index contributed by atoms with van der Waals surface area (Å²) < 4.78 is 12.9. The van der Waals surface area contributed by atoms with Crippen LogP contribution in [-0.4, -0.2) is 16.2 Å². The Hall–Kier alpha value is -1.84. The largest absolute Gasteiger partial charge is 0.505 e. The van der Waals surface area contributed by atoms with E-state index >= 15 is 0 Å². The van der Waals surface area contributed by atoms with Gasteiger partial charge in [0.25, 0.3) is 0 Å². The minimum atomic E-state index is -1.10. The predicted molar refractivity (Wildman–Crippen MR) is 49.5 cm³/mol. The predicted octanol–water partition coefficient (Wildman–Crippen LogP) is 1.94. The molecule has 0 unspecified atom stereocenters. The minimum Gasteiger partial charge on any atom is -0.505 e. The van der Waals surface area contributed by atoms with Gasteiger partial charge in [0.05, 0.1) is 0 Å². The Morgan fingerprint density at radius 1 is 1.50 bits per heavy atom. The molecule has 1 aromatic carbocycles. The van der Waals surface area contributed by atoms with Gasteiger partial charge in [-0.05, 0) is 36.3 Å². The van der Waals surface area contributed by atoms with Gasteiger partial charge in [0.15, 0.2) is 11.6 Å². The van der Waals surface area contributed by atoms with E-state index in [-0.39, 0.29) is 0 Å². The van der Waals surface area contributed by atoms with Gasteiger partial charge in [-0.1, -0.05) is 0 Å². The summed E-state index contributed by atoms with van der Waals surface area (Å²) in [5.74, 6) is -2.30. The fourth-order valence-corrected chi connectivity index (χ4v) is 1.02. The third kappa shape index (κ3) is 2.32. The van der Waals surface area contributed by atoms with Crippen molar-refractivity contribution in [3.63, 3.8) is 0 Å². The van der Waals surface area contributed by atoms with E-state index in [1.807, 2.05) is 0 Å². The molecule has 0 aromatic heterocycles. The number of halogens is 1. The number of carboxylic acids is 1. The molecule has 1 rings (SSSR count). The number of hydrogen-bond acceptors (Lipinski definition) is 2. The zero-order chi connectivity index (χ0) is 10.7. The summed E-state index contributed by atoms with van der Waals surface area (Å²) in [6, 6.07) is 2.33. The fraction of sp³-hybridized carbons (Fsp3) is 0.100. The molecular formula is C10H9FO3. The quantitative estimate of drug-likeness (QED) is 0.710. The number of aliphatic carboxylic acids is 1. The molecule has 0 atom stereocenters. The van der Waals surface area contributed by atoms with Crippen molar-refractivity contribution < 1.29 is 19.4 Å². The molecule has 14 heavy (non-hydrogen) atoms. The van der Waals surface area contributed by atoms with E-state index in [4.69, 9.17) is 10.2 Å². The molecule has 0 amide bonds. The minimum absolute atomic E-state index is 0.433. The summed E-state index contributed by atoms with van der Waals surface area (Å²) in [5, 5.41) is 17.3. The second-order valence-electron chi connectivity index (χ2n) is 2.83. The number of phenols is 1. The molecular weight excluding hydrogens is 187 g/mol. The summed E-state index contributed by atoms with van der Waals surface area (Å²) in [6.07, 6.45) is 2.19. The van der Waals surface area contributed by atoms with Crippen molar-refractivity contribution in [2.45, 2.75) is 6.92 Å². The second kappa shape index (κ2) is 3.91. The van der Waals surface area contributed by atoms with Crippen molar-refractivity contribution in [1.29, 1.82) is 0 Å². The highest BCUT2D eigenvalue weighted by atomic mass is 19.1. The van der Waals surface area contributed by atoms with Crippen LogP contribution in [0, 0.1) is 12.7 Å². The van der Waals surface area contributed by atoms with Gasteiger partial charge in [0, 0.05) is 6.08 Å². The smallest absolute Gasteiger partial charge is 0.328 e. The molecule has 3 nitrogen and oxygen atoms in total. The lowest BCUT2D eigenvalue weighted by molar-refractivity contribution is -0.131. The van der Waals surface area contributed by atoms with E-state index < -0.39 is 17.5 Å². The molecule has 4 heteroatoms. The van der Waals surface area contributed by atoms with E-state index in [0.29, 0.717) is 11.1 Å². The average Bonchev–Trinajstić information content (AvgIpc) is 2.09. The van der Waals surface area contributed by atoms with Gasteiger partial charge in [0.1, 0.15) is 0 Å². The maximum Gasteiger partial charge on any atom is 0.328 e. The summed E-state index contributed by atoms with van der Waals surface area (Å²) in [4.78, 5) is 10.2. The van der Waals surface area contributed by atoms with Crippen LogP contribution >= 0.6 is 0 Å². The third-order valence-electron chi connectivity index (χ3n) is 1.74. The number of rotatable bonds is 2. The van der Waals surface area contributed by atoms with Crippen molar-refractivity contribution in [2.24, 2.45) is 0 Å². The molecule has 1 aromatic rings. The molecule has 0 spiro atoms. The first-order valence-corrected chi connectivity index (χ1v) is 3.91. The van der Waals surface area contributed by atoms with Crippen LogP contribution in [0.2, 0.25) is 0 Å². The molecule has 0 aliphatic carbocycles. The van der Waals surface area contributed by atoms with Crippen LogP contribution in [0.3, 0.4) is 0 Å². The van der Waals surface area contributed by atoms with Crippen molar-refractivity contribution >= 4 is 12.0 Å². The molecule has 0 aliphatic rings. The second-order valence-corrected chi connectivity index (χ2v) is 2.83. The molecule has 0 heterocycles. The maximum absolute atomic E-state index is 12.9. The molecule has 0 radical (unpaired) electrons. The van der Waals surface area contributed by atoms with Crippen LogP contribution < -0.4 is 0 Å². The van der Waals surface area contributed by atoms with Crippen LogP contribution in [0.1, 0.15) is 11.1 Å². The normalized spacial score (nSPS) is 10.7. The van der Waals surface area contributed by atoms with E-state index in [1.165, 1.54) is 12.1 Å². The van der Waals surface area contributed by atoms with Gasteiger partial charge in [-0.3, -0.25) is 0 Å². The Balaban J connectivity index is 3.10. The maximum atomic E-state index is 12.9. The Morgan fingerprint density at radius 3 is 2.71 bits per heavy atom. The van der Waals surface area contributed by atoms with E-state index in [2.05, 4.69) is 0 Å². The number of aromatic hydroxyl groups is 1. The summed E-state index contributed by atoms with van der Waals surface area (Å²) >= 11 is 0. The van der Waals surface area contributed by atoms with Gasteiger partial charge >= 0.3 is 5.97 Å². The summed E-state index contributed by atoms with van der Waals surface area (Å²) in [6.45, 7) is 1.65. The first-order chi connectivity index (χ1) is 6.50. The molecule has 0 fully saturated rings. The topological polar surface area (TPSA) is 57.5 Å². The highest BCUT2D eigenvalue weighted by molar-refractivity contribution is 5.85.